The molecule has 0 unspecified atom stereocenters. The topological polar surface area (TPSA) is 65.5 Å². The van der Waals surface area contributed by atoms with E-state index in [1.807, 2.05) is 31.2 Å². The number of rotatable bonds is 3. The highest BCUT2D eigenvalue weighted by Crippen LogP contribution is 2.30. The summed E-state index contributed by atoms with van der Waals surface area (Å²) >= 11 is 1.46. The molecule has 1 aliphatic heterocycles. The van der Waals surface area contributed by atoms with E-state index in [2.05, 4.69) is 36.0 Å². The smallest absolute Gasteiger partial charge is 0.267 e. The predicted molar refractivity (Wildman–Crippen MR) is 107 cm³/mol. The van der Waals surface area contributed by atoms with Crippen molar-refractivity contribution in [1.82, 2.24) is 4.98 Å². The number of nitrogens with one attached hydrogen (secondary N) is 1. The molecular formula is C20H27N3O2S. The zero-order chi connectivity index (χ0) is 18.9. The minimum atomic E-state index is -0.176. The third-order valence-electron chi connectivity index (χ3n) is 4.60. The highest BCUT2D eigenvalue weighted by atomic mass is 32.1. The molecule has 0 atom stereocenters. The van der Waals surface area contributed by atoms with Crippen LogP contribution in [0.15, 0.2) is 24.3 Å². The van der Waals surface area contributed by atoms with Crippen LogP contribution in [0.5, 0.6) is 0 Å². The van der Waals surface area contributed by atoms with Crippen molar-refractivity contribution in [2.45, 2.75) is 52.1 Å². The molecule has 6 heteroatoms. The van der Waals surface area contributed by atoms with E-state index in [1.54, 1.807) is 0 Å². The number of aryl methyl sites for hydroxylation is 1. The Morgan fingerprint density at radius 1 is 1.23 bits per heavy atom. The fourth-order valence-corrected chi connectivity index (χ4v) is 4.01. The molecule has 1 aromatic heterocycles. The number of aliphatic hydroxyl groups excluding tert-OH is 1. The summed E-state index contributed by atoms with van der Waals surface area (Å²) in [5.41, 5.74) is 2.62. The van der Waals surface area contributed by atoms with Crippen LogP contribution in [0.3, 0.4) is 0 Å². The SMILES string of the molecule is Cc1nc(C(C)(C)C)sc1C(=O)Nc1ccc(N2CCC(O)CC2)cc1. The molecule has 1 aromatic carbocycles. The molecule has 0 aliphatic carbocycles. The van der Waals surface area contributed by atoms with Crippen LogP contribution in [-0.4, -0.2) is 35.2 Å². The number of carbonyl (C=O) groups is 1. The number of carbonyl (C=O) groups excluding carboxylic acids is 1. The number of anilines is 2. The van der Waals surface area contributed by atoms with Crippen LogP contribution in [0, 0.1) is 6.92 Å². The Bertz CT molecular complexity index is 769. The van der Waals surface area contributed by atoms with Gasteiger partial charge in [0, 0.05) is 29.9 Å². The lowest BCUT2D eigenvalue weighted by Gasteiger charge is -2.31. The average Bonchev–Trinajstić information content (AvgIpc) is 2.99. The van der Waals surface area contributed by atoms with Crippen molar-refractivity contribution in [3.63, 3.8) is 0 Å². The van der Waals surface area contributed by atoms with E-state index in [1.165, 1.54) is 11.3 Å². The van der Waals surface area contributed by atoms with Crippen LogP contribution in [0.1, 0.15) is 54.0 Å². The summed E-state index contributed by atoms with van der Waals surface area (Å²) in [5.74, 6) is -0.107. The number of amides is 1. The Morgan fingerprint density at radius 2 is 1.85 bits per heavy atom. The van der Waals surface area contributed by atoms with Gasteiger partial charge in [-0.2, -0.15) is 0 Å². The quantitative estimate of drug-likeness (QED) is 0.855. The molecule has 3 rings (SSSR count). The molecule has 0 bridgehead atoms. The van der Waals surface area contributed by atoms with E-state index < -0.39 is 0 Å². The normalized spacial score (nSPS) is 16.0. The number of piperidine rings is 1. The molecule has 1 amide bonds. The van der Waals surface area contributed by atoms with E-state index in [9.17, 15) is 9.90 Å². The van der Waals surface area contributed by atoms with Gasteiger partial charge in [0.05, 0.1) is 16.8 Å². The first-order chi connectivity index (χ1) is 12.2. The van der Waals surface area contributed by atoms with Gasteiger partial charge < -0.3 is 15.3 Å². The van der Waals surface area contributed by atoms with Crippen LogP contribution >= 0.6 is 11.3 Å². The molecule has 140 valence electrons. The van der Waals surface area contributed by atoms with E-state index in [-0.39, 0.29) is 17.4 Å². The minimum Gasteiger partial charge on any atom is -0.393 e. The molecule has 26 heavy (non-hydrogen) atoms. The van der Waals surface area contributed by atoms with E-state index in [4.69, 9.17) is 0 Å². The number of aliphatic hydroxyl groups is 1. The highest BCUT2D eigenvalue weighted by molar-refractivity contribution is 7.14. The van der Waals surface area contributed by atoms with Crippen LogP contribution in [-0.2, 0) is 5.41 Å². The lowest BCUT2D eigenvalue weighted by atomic mass is 9.98. The van der Waals surface area contributed by atoms with Gasteiger partial charge in [-0.15, -0.1) is 11.3 Å². The fraction of sp³-hybridized carbons (Fsp3) is 0.500. The Balaban J connectivity index is 1.67. The number of hydrogen-bond acceptors (Lipinski definition) is 5. The van der Waals surface area contributed by atoms with Gasteiger partial charge in [-0.05, 0) is 44.0 Å². The maximum atomic E-state index is 12.6. The van der Waals surface area contributed by atoms with Gasteiger partial charge in [0.25, 0.3) is 5.91 Å². The van der Waals surface area contributed by atoms with Gasteiger partial charge in [0.1, 0.15) is 4.88 Å². The van der Waals surface area contributed by atoms with Crippen LogP contribution in [0.2, 0.25) is 0 Å². The van der Waals surface area contributed by atoms with Crippen LogP contribution in [0.25, 0.3) is 0 Å². The number of benzene rings is 1. The van der Waals surface area contributed by atoms with Crippen molar-refractivity contribution < 1.29 is 9.90 Å². The molecule has 2 heterocycles. The van der Waals surface area contributed by atoms with Gasteiger partial charge in [-0.25, -0.2) is 4.98 Å². The number of nitrogens with zero attached hydrogens (tertiary/aromatic N) is 2. The summed E-state index contributed by atoms with van der Waals surface area (Å²) < 4.78 is 0. The second-order valence-corrected chi connectivity index (χ2v) is 8.90. The van der Waals surface area contributed by atoms with E-state index >= 15 is 0 Å². The molecule has 1 fully saturated rings. The third-order valence-corrected chi connectivity index (χ3v) is 6.18. The molecule has 2 aromatic rings. The lowest BCUT2D eigenvalue weighted by Crippen LogP contribution is -2.35. The zero-order valence-corrected chi connectivity index (χ0v) is 16.7. The summed E-state index contributed by atoms with van der Waals surface area (Å²) in [7, 11) is 0. The van der Waals surface area contributed by atoms with Crippen LogP contribution in [0.4, 0.5) is 11.4 Å². The minimum absolute atomic E-state index is 0.0579. The standard InChI is InChI=1S/C20H27N3O2S/c1-13-17(26-19(21-13)20(2,3)4)18(25)22-14-5-7-15(8-6-14)23-11-9-16(24)10-12-23/h5-8,16,24H,9-12H2,1-4H3,(H,22,25). The number of hydrogen-bond donors (Lipinski definition) is 2. The van der Waals surface area contributed by atoms with Crippen molar-refractivity contribution in [3.8, 4) is 0 Å². The first kappa shape index (κ1) is 18.9. The second-order valence-electron chi connectivity index (χ2n) is 7.90. The molecule has 1 aliphatic rings. The molecule has 2 N–H and O–H groups in total. The van der Waals surface area contributed by atoms with Crippen molar-refractivity contribution in [3.05, 3.63) is 39.8 Å². The Morgan fingerprint density at radius 3 is 2.38 bits per heavy atom. The number of thiazole rings is 1. The monoisotopic (exact) mass is 373 g/mol. The maximum absolute atomic E-state index is 12.6. The first-order valence-corrected chi connectivity index (χ1v) is 9.88. The molecule has 0 radical (unpaired) electrons. The maximum Gasteiger partial charge on any atom is 0.267 e. The van der Waals surface area contributed by atoms with Crippen molar-refractivity contribution in [2.24, 2.45) is 0 Å². The molecule has 5 nitrogen and oxygen atoms in total. The van der Waals surface area contributed by atoms with Gasteiger partial charge in [0.2, 0.25) is 0 Å². The summed E-state index contributed by atoms with van der Waals surface area (Å²) in [5, 5.41) is 13.6. The largest absolute Gasteiger partial charge is 0.393 e. The van der Waals surface area contributed by atoms with E-state index in [0.717, 1.165) is 48.0 Å². The van der Waals surface area contributed by atoms with Crippen molar-refractivity contribution >= 4 is 28.6 Å². The Labute approximate surface area is 159 Å². The summed E-state index contributed by atoms with van der Waals surface area (Å²) in [6.45, 7) is 9.92. The van der Waals surface area contributed by atoms with Gasteiger partial charge >= 0.3 is 0 Å². The van der Waals surface area contributed by atoms with Crippen molar-refractivity contribution in [1.29, 1.82) is 0 Å². The third kappa shape index (κ3) is 4.24. The molecular weight excluding hydrogens is 346 g/mol. The van der Waals surface area contributed by atoms with Crippen LogP contribution < -0.4 is 10.2 Å². The lowest BCUT2D eigenvalue weighted by molar-refractivity contribution is 0.102. The number of aromatic nitrogens is 1. The van der Waals surface area contributed by atoms with Gasteiger partial charge in [-0.3, -0.25) is 4.79 Å². The second kappa shape index (κ2) is 7.37. The first-order valence-electron chi connectivity index (χ1n) is 9.06. The highest BCUT2D eigenvalue weighted by Gasteiger charge is 2.23. The van der Waals surface area contributed by atoms with Gasteiger partial charge in [0.15, 0.2) is 0 Å². The van der Waals surface area contributed by atoms with Gasteiger partial charge in [-0.1, -0.05) is 20.8 Å². The van der Waals surface area contributed by atoms with E-state index in [0.29, 0.717) is 4.88 Å². The molecule has 0 saturated carbocycles. The summed E-state index contributed by atoms with van der Waals surface area (Å²) in [4.78, 5) is 20.1. The summed E-state index contributed by atoms with van der Waals surface area (Å²) in [6.07, 6.45) is 1.43. The summed E-state index contributed by atoms with van der Waals surface area (Å²) in [6, 6.07) is 7.90. The molecule has 0 spiro atoms. The predicted octanol–water partition coefficient (Wildman–Crippen LogP) is 3.96. The Hall–Kier alpha value is -1.92. The Kier molecular flexibility index (Phi) is 5.34. The van der Waals surface area contributed by atoms with Crippen molar-refractivity contribution in [2.75, 3.05) is 23.3 Å². The molecule has 1 saturated heterocycles. The average molecular weight is 374 g/mol. The fourth-order valence-electron chi connectivity index (χ4n) is 3.00. The zero-order valence-electron chi connectivity index (χ0n) is 15.9.